The van der Waals surface area contributed by atoms with Crippen LogP contribution < -0.4 is 16.4 Å². The van der Waals surface area contributed by atoms with E-state index in [4.69, 9.17) is 5.73 Å². The van der Waals surface area contributed by atoms with Crippen LogP contribution in [0.3, 0.4) is 0 Å². The summed E-state index contributed by atoms with van der Waals surface area (Å²) in [5, 5.41) is 6.07. The van der Waals surface area contributed by atoms with Crippen molar-refractivity contribution in [1.82, 2.24) is 10.6 Å². The molecule has 19 heavy (non-hydrogen) atoms. The molecule has 0 atom stereocenters. The molecule has 0 saturated heterocycles. The van der Waals surface area contributed by atoms with Gasteiger partial charge in [0.05, 0.1) is 0 Å². The molecule has 4 nitrogen and oxygen atoms in total. The van der Waals surface area contributed by atoms with Gasteiger partial charge in [0.2, 0.25) is 0 Å². The second kappa shape index (κ2) is 9.53. The minimum atomic E-state index is -0.00111. The topological polar surface area (TPSA) is 67.1 Å². The predicted molar refractivity (Wildman–Crippen MR) is 79.1 cm³/mol. The van der Waals surface area contributed by atoms with Crippen LogP contribution in [0.25, 0.3) is 0 Å². The van der Waals surface area contributed by atoms with Crippen LogP contribution in [-0.2, 0) is 6.54 Å². The zero-order chi connectivity index (χ0) is 13.9. The lowest BCUT2D eigenvalue weighted by Gasteiger charge is -2.06. The average molecular weight is 263 g/mol. The number of carbonyl (C=O) groups is 1. The van der Waals surface area contributed by atoms with Crippen molar-refractivity contribution in [2.75, 3.05) is 20.1 Å². The van der Waals surface area contributed by atoms with Gasteiger partial charge in [-0.05, 0) is 44.1 Å². The van der Waals surface area contributed by atoms with E-state index >= 15 is 0 Å². The first-order valence-corrected chi connectivity index (χ1v) is 6.99. The van der Waals surface area contributed by atoms with Gasteiger partial charge in [0, 0.05) is 18.7 Å². The third-order valence-corrected chi connectivity index (χ3v) is 3.09. The van der Waals surface area contributed by atoms with Crippen LogP contribution in [0.5, 0.6) is 0 Å². The quantitative estimate of drug-likeness (QED) is 0.594. The molecule has 0 heterocycles. The molecule has 0 radical (unpaired) electrons. The molecule has 0 unspecified atom stereocenters. The molecule has 0 aliphatic carbocycles. The molecule has 0 aliphatic rings. The molecule has 106 valence electrons. The molecule has 4 heteroatoms. The van der Waals surface area contributed by atoms with Crippen molar-refractivity contribution in [1.29, 1.82) is 0 Å². The highest BCUT2D eigenvalue weighted by Gasteiger charge is 2.03. The maximum Gasteiger partial charge on any atom is 0.251 e. The number of nitrogens with one attached hydrogen (secondary N) is 2. The zero-order valence-corrected chi connectivity index (χ0v) is 11.7. The number of hydrogen-bond acceptors (Lipinski definition) is 3. The predicted octanol–water partition coefficient (Wildman–Crippen LogP) is 1.65. The van der Waals surface area contributed by atoms with Gasteiger partial charge in [-0.25, -0.2) is 0 Å². The Balaban J connectivity index is 2.16. The first kappa shape index (κ1) is 15.7. The molecule has 4 N–H and O–H groups in total. The number of amides is 1. The summed E-state index contributed by atoms with van der Waals surface area (Å²) in [6, 6.07) is 7.44. The summed E-state index contributed by atoms with van der Waals surface area (Å²) in [5.41, 5.74) is 7.26. The fourth-order valence-electron chi connectivity index (χ4n) is 1.88. The maximum absolute atomic E-state index is 11.8. The number of benzene rings is 1. The third-order valence-electron chi connectivity index (χ3n) is 3.09. The number of carbonyl (C=O) groups excluding carboxylic acids is 1. The second-order valence-electron chi connectivity index (χ2n) is 4.67. The highest BCUT2D eigenvalue weighted by Crippen LogP contribution is 2.04. The van der Waals surface area contributed by atoms with Crippen molar-refractivity contribution in [3.05, 3.63) is 35.4 Å². The molecule has 1 aromatic carbocycles. The molecular weight excluding hydrogens is 238 g/mol. The minimum Gasteiger partial charge on any atom is -0.352 e. The Labute approximate surface area is 115 Å². The fraction of sp³-hybridized carbons (Fsp3) is 0.533. The van der Waals surface area contributed by atoms with E-state index in [1.807, 2.05) is 31.3 Å². The number of hydrogen-bond donors (Lipinski definition) is 3. The van der Waals surface area contributed by atoms with Crippen molar-refractivity contribution >= 4 is 5.91 Å². The lowest BCUT2D eigenvalue weighted by Crippen LogP contribution is -2.24. The molecule has 0 aliphatic heterocycles. The minimum absolute atomic E-state index is 0.00111. The summed E-state index contributed by atoms with van der Waals surface area (Å²) in [5.74, 6) is -0.00111. The summed E-state index contributed by atoms with van der Waals surface area (Å²) in [6.45, 7) is 2.32. The Bertz CT molecular complexity index is 362. The fourth-order valence-corrected chi connectivity index (χ4v) is 1.88. The van der Waals surface area contributed by atoms with Crippen LogP contribution in [0.2, 0.25) is 0 Å². The van der Waals surface area contributed by atoms with Crippen LogP contribution in [0.1, 0.15) is 41.6 Å². The lowest BCUT2D eigenvalue weighted by atomic mass is 10.1. The van der Waals surface area contributed by atoms with E-state index in [-0.39, 0.29) is 5.91 Å². The smallest absolute Gasteiger partial charge is 0.251 e. The van der Waals surface area contributed by atoms with Gasteiger partial charge in [-0.2, -0.15) is 0 Å². The molecule has 1 amide bonds. The van der Waals surface area contributed by atoms with E-state index in [0.29, 0.717) is 12.1 Å². The average Bonchev–Trinajstić information content (AvgIpc) is 2.46. The van der Waals surface area contributed by atoms with Gasteiger partial charge in [0.1, 0.15) is 0 Å². The standard InChI is InChI=1S/C15H25N3O/c1-17-10-4-2-3-5-11-18-15(19)14-8-6-13(12-16)7-9-14/h6-9,17H,2-5,10-12,16H2,1H3,(H,18,19). The van der Waals surface area contributed by atoms with Crippen LogP contribution in [-0.4, -0.2) is 26.0 Å². The van der Waals surface area contributed by atoms with E-state index in [1.165, 1.54) is 12.8 Å². The van der Waals surface area contributed by atoms with E-state index in [2.05, 4.69) is 10.6 Å². The van der Waals surface area contributed by atoms with Gasteiger partial charge in [0.25, 0.3) is 5.91 Å². The summed E-state index contributed by atoms with van der Waals surface area (Å²) in [4.78, 5) is 11.8. The summed E-state index contributed by atoms with van der Waals surface area (Å²) >= 11 is 0. The molecule has 0 aromatic heterocycles. The number of unbranched alkanes of at least 4 members (excludes halogenated alkanes) is 3. The van der Waals surface area contributed by atoms with Crippen molar-refractivity contribution in [3.8, 4) is 0 Å². The third kappa shape index (κ3) is 6.36. The number of rotatable bonds is 9. The lowest BCUT2D eigenvalue weighted by molar-refractivity contribution is 0.0953. The van der Waals surface area contributed by atoms with Crippen LogP contribution in [0.15, 0.2) is 24.3 Å². The second-order valence-corrected chi connectivity index (χ2v) is 4.67. The van der Waals surface area contributed by atoms with Gasteiger partial charge >= 0.3 is 0 Å². The molecular formula is C15H25N3O. The summed E-state index contributed by atoms with van der Waals surface area (Å²) < 4.78 is 0. The molecule has 1 rings (SSSR count). The van der Waals surface area contributed by atoms with Crippen molar-refractivity contribution in [3.63, 3.8) is 0 Å². The highest BCUT2D eigenvalue weighted by atomic mass is 16.1. The number of nitrogens with two attached hydrogens (primary N) is 1. The van der Waals surface area contributed by atoms with Gasteiger partial charge in [-0.1, -0.05) is 25.0 Å². The van der Waals surface area contributed by atoms with Gasteiger partial charge in [0.15, 0.2) is 0 Å². The first-order chi connectivity index (χ1) is 9.27. The first-order valence-electron chi connectivity index (χ1n) is 6.99. The molecule has 0 spiro atoms. The molecule has 0 fully saturated rings. The molecule has 1 aromatic rings. The maximum atomic E-state index is 11.8. The monoisotopic (exact) mass is 263 g/mol. The Kier molecular flexibility index (Phi) is 7.86. The van der Waals surface area contributed by atoms with E-state index in [1.54, 1.807) is 0 Å². The van der Waals surface area contributed by atoms with Crippen LogP contribution >= 0.6 is 0 Å². The Morgan fingerprint density at radius 3 is 2.26 bits per heavy atom. The van der Waals surface area contributed by atoms with Gasteiger partial charge < -0.3 is 16.4 Å². The Hall–Kier alpha value is -1.39. The molecule has 0 bridgehead atoms. The largest absolute Gasteiger partial charge is 0.352 e. The van der Waals surface area contributed by atoms with Crippen LogP contribution in [0, 0.1) is 0 Å². The van der Waals surface area contributed by atoms with E-state index in [9.17, 15) is 4.79 Å². The zero-order valence-electron chi connectivity index (χ0n) is 11.7. The SMILES string of the molecule is CNCCCCCCNC(=O)c1ccc(CN)cc1. The van der Waals surface area contributed by atoms with Gasteiger partial charge in [-0.3, -0.25) is 4.79 Å². The summed E-state index contributed by atoms with van der Waals surface area (Å²) in [6.07, 6.45) is 4.61. The van der Waals surface area contributed by atoms with E-state index in [0.717, 1.165) is 31.5 Å². The summed E-state index contributed by atoms with van der Waals surface area (Å²) in [7, 11) is 1.97. The highest BCUT2D eigenvalue weighted by molar-refractivity contribution is 5.94. The van der Waals surface area contributed by atoms with Crippen molar-refractivity contribution < 1.29 is 4.79 Å². The molecule has 0 saturated carbocycles. The van der Waals surface area contributed by atoms with Crippen molar-refractivity contribution in [2.24, 2.45) is 5.73 Å². The van der Waals surface area contributed by atoms with Crippen molar-refractivity contribution in [2.45, 2.75) is 32.2 Å². The normalized spacial score (nSPS) is 10.4. The van der Waals surface area contributed by atoms with E-state index < -0.39 is 0 Å². The van der Waals surface area contributed by atoms with Crippen LogP contribution in [0.4, 0.5) is 0 Å². The van der Waals surface area contributed by atoms with Gasteiger partial charge in [-0.15, -0.1) is 0 Å². The Morgan fingerprint density at radius 1 is 1.05 bits per heavy atom. The Morgan fingerprint density at radius 2 is 1.68 bits per heavy atom.